The zero-order valence-electron chi connectivity index (χ0n) is 8.15. The van der Waals surface area contributed by atoms with Gasteiger partial charge in [0.2, 0.25) is 0 Å². The minimum atomic E-state index is -4.18. The van der Waals surface area contributed by atoms with Gasteiger partial charge in [0.25, 0.3) is 0 Å². The first kappa shape index (κ1) is 12.6. The Morgan fingerprint density at radius 1 is 1.31 bits per heavy atom. The fourth-order valence-electron chi connectivity index (χ4n) is 0.991. The van der Waals surface area contributed by atoms with Crippen molar-refractivity contribution >= 4 is 15.8 Å². The smallest absolute Gasteiger partial charge is 0.321 e. The summed E-state index contributed by atoms with van der Waals surface area (Å²) in [5, 5.41) is 6.85. The highest BCUT2D eigenvalue weighted by atomic mass is 32.2. The number of benzene rings is 1. The Morgan fingerprint density at radius 3 is 2.31 bits per heavy atom. The van der Waals surface area contributed by atoms with Crippen LogP contribution in [0.4, 0.5) is 8.78 Å². The van der Waals surface area contributed by atoms with E-state index in [1.165, 1.54) is 0 Å². The molecule has 4 nitrogen and oxygen atoms in total. The maximum absolute atomic E-state index is 12.8. The van der Waals surface area contributed by atoms with E-state index in [0.29, 0.717) is 12.1 Å². The zero-order chi connectivity index (χ0) is 12.5. The van der Waals surface area contributed by atoms with Gasteiger partial charge in [0.05, 0.1) is 4.90 Å². The van der Waals surface area contributed by atoms with E-state index in [2.05, 4.69) is 0 Å². The van der Waals surface area contributed by atoms with Crippen molar-refractivity contribution in [3.8, 4) is 0 Å². The largest absolute Gasteiger partial charge is 0.480 e. The number of hydrogen-bond donors (Lipinski definition) is 1. The van der Waals surface area contributed by atoms with Crippen LogP contribution in [0.5, 0.6) is 0 Å². The Kier molecular flexibility index (Phi) is 3.27. The third kappa shape index (κ3) is 2.19. The first-order chi connectivity index (χ1) is 7.26. The Balaban J connectivity index is 3.28. The van der Waals surface area contributed by atoms with Gasteiger partial charge < -0.3 is 5.11 Å². The molecule has 88 valence electrons. The summed E-state index contributed by atoms with van der Waals surface area (Å²) in [6, 6.07) is 1.92. The van der Waals surface area contributed by atoms with Crippen molar-refractivity contribution in [2.75, 3.05) is 0 Å². The van der Waals surface area contributed by atoms with Crippen LogP contribution in [-0.2, 0) is 14.6 Å². The normalized spacial score (nSPS) is 13.4. The van der Waals surface area contributed by atoms with Crippen LogP contribution in [0.15, 0.2) is 23.1 Å². The molecule has 0 aliphatic rings. The second-order valence-electron chi connectivity index (χ2n) is 3.10. The molecule has 0 spiro atoms. The van der Waals surface area contributed by atoms with Gasteiger partial charge in [-0.2, -0.15) is 0 Å². The number of hydrogen-bond acceptors (Lipinski definition) is 3. The van der Waals surface area contributed by atoms with E-state index in [0.717, 1.165) is 13.0 Å². The van der Waals surface area contributed by atoms with Crippen LogP contribution < -0.4 is 0 Å². The van der Waals surface area contributed by atoms with Crippen molar-refractivity contribution in [3.63, 3.8) is 0 Å². The van der Waals surface area contributed by atoms with Gasteiger partial charge in [-0.1, -0.05) is 0 Å². The molecule has 7 heteroatoms. The highest BCUT2D eigenvalue weighted by molar-refractivity contribution is 7.92. The van der Waals surface area contributed by atoms with Gasteiger partial charge in [0, 0.05) is 0 Å². The summed E-state index contributed by atoms with van der Waals surface area (Å²) in [5.41, 5.74) is 0. The molecular weight excluding hydrogens is 242 g/mol. The van der Waals surface area contributed by atoms with E-state index in [1.807, 2.05) is 0 Å². The molecule has 1 aromatic rings. The third-order valence-electron chi connectivity index (χ3n) is 2.03. The zero-order valence-corrected chi connectivity index (χ0v) is 8.96. The molecule has 1 aromatic carbocycles. The van der Waals surface area contributed by atoms with Crippen molar-refractivity contribution in [3.05, 3.63) is 29.8 Å². The maximum Gasteiger partial charge on any atom is 0.321 e. The van der Waals surface area contributed by atoms with E-state index >= 15 is 0 Å². The maximum atomic E-state index is 12.8. The first-order valence-corrected chi connectivity index (χ1v) is 5.73. The monoisotopic (exact) mass is 250 g/mol. The third-order valence-corrected chi connectivity index (χ3v) is 4.08. The molecule has 1 rings (SSSR count). The van der Waals surface area contributed by atoms with Crippen molar-refractivity contribution in [2.45, 2.75) is 17.1 Å². The summed E-state index contributed by atoms with van der Waals surface area (Å²) in [6.07, 6.45) is 0. The van der Waals surface area contributed by atoms with Gasteiger partial charge >= 0.3 is 5.97 Å². The molecule has 0 aromatic heterocycles. The summed E-state index contributed by atoms with van der Waals surface area (Å²) >= 11 is 0. The molecule has 1 N–H and O–H groups in total. The summed E-state index contributed by atoms with van der Waals surface area (Å²) in [7, 11) is -4.18. The molecule has 1 atom stereocenters. The lowest BCUT2D eigenvalue weighted by atomic mass is 10.3. The minimum absolute atomic E-state index is 0.462. The van der Waals surface area contributed by atoms with E-state index in [1.54, 1.807) is 0 Å². The summed E-state index contributed by atoms with van der Waals surface area (Å²) in [4.78, 5) is 9.97. The first-order valence-electron chi connectivity index (χ1n) is 4.18. The van der Waals surface area contributed by atoms with Crippen LogP contribution in [0.1, 0.15) is 6.92 Å². The Hall–Kier alpha value is -1.50. The number of rotatable bonds is 3. The van der Waals surface area contributed by atoms with Crippen molar-refractivity contribution in [1.29, 1.82) is 0 Å². The highest BCUT2D eigenvalue weighted by Gasteiger charge is 2.30. The highest BCUT2D eigenvalue weighted by Crippen LogP contribution is 2.18. The van der Waals surface area contributed by atoms with Crippen LogP contribution in [0.3, 0.4) is 0 Å². The van der Waals surface area contributed by atoms with E-state index in [9.17, 15) is 22.0 Å². The molecule has 1 unspecified atom stereocenters. The molecule has 0 aliphatic carbocycles. The summed E-state index contributed by atoms with van der Waals surface area (Å²) in [6.45, 7) is 0.957. The van der Waals surface area contributed by atoms with Crippen LogP contribution in [0.25, 0.3) is 0 Å². The van der Waals surface area contributed by atoms with Crippen molar-refractivity contribution in [2.24, 2.45) is 0 Å². The van der Waals surface area contributed by atoms with E-state index in [4.69, 9.17) is 5.11 Å². The number of carboxylic acid groups (broad SMARTS) is 1. The molecule has 0 saturated heterocycles. The Bertz CT molecular complexity index is 524. The Morgan fingerprint density at radius 2 is 1.88 bits per heavy atom. The average molecular weight is 250 g/mol. The standard InChI is InChI=1S/C9H8F2O4S/c1-5(9(12)13)16(14,15)6-2-3-7(10)8(11)4-6/h2-5H,1H3,(H,12,13). The lowest BCUT2D eigenvalue weighted by molar-refractivity contribution is -0.136. The number of halogens is 2. The van der Waals surface area contributed by atoms with Gasteiger partial charge in [-0.25, -0.2) is 17.2 Å². The fraction of sp³-hybridized carbons (Fsp3) is 0.222. The van der Waals surface area contributed by atoms with Crippen LogP contribution in [0, 0.1) is 11.6 Å². The fourth-order valence-corrected chi connectivity index (χ4v) is 2.19. The van der Waals surface area contributed by atoms with Crippen molar-refractivity contribution < 1.29 is 27.1 Å². The SMILES string of the molecule is CC(C(=O)O)S(=O)(=O)c1ccc(F)c(F)c1. The predicted octanol–water partition coefficient (Wildman–Crippen LogP) is 1.21. The number of aliphatic carboxylic acids is 1. The molecule has 0 heterocycles. The molecule has 0 aliphatic heterocycles. The van der Waals surface area contributed by atoms with E-state index in [-0.39, 0.29) is 0 Å². The quantitative estimate of drug-likeness (QED) is 0.818. The van der Waals surface area contributed by atoms with Crippen LogP contribution in [0.2, 0.25) is 0 Å². The molecule has 16 heavy (non-hydrogen) atoms. The second-order valence-corrected chi connectivity index (χ2v) is 5.37. The molecular formula is C9H8F2O4S. The summed E-state index contributed by atoms with van der Waals surface area (Å²) in [5.74, 6) is -4.08. The van der Waals surface area contributed by atoms with Crippen LogP contribution in [-0.4, -0.2) is 24.7 Å². The van der Waals surface area contributed by atoms with Gasteiger partial charge in [0.15, 0.2) is 26.7 Å². The van der Waals surface area contributed by atoms with Gasteiger partial charge in [-0.05, 0) is 25.1 Å². The lowest BCUT2D eigenvalue weighted by Gasteiger charge is -2.08. The number of sulfone groups is 1. The van der Waals surface area contributed by atoms with Crippen molar-refractivity contribution in [1.82, 2.24) is 0 Å². The number of carboxylic acids is 1. The van der Waals surface area contributed by atoms with E-state index < -0.39 is 37.6 Å². The van der Waals surface area contributed by atoms with Gasteiger partial charge in [0.1, 0.15) is 0 Å². The number of carbonyl (C=O) groups is 1. The molecule has 0 radical (unpaired) electrons. The lowest BCUT2D eigenvalue weighted by Crippen LogP contribution is -2.27. The summed E-state index contributed by atoms with van der Waals surface area (Å²) < 4.78 is 48.5. The van der Waals surface area contributed by atoms with Gasteiger partial charge in [-0.15, -0.1) is 0 Å². The second kappa shape index (κ2) is 4.17. The van der Waals surface area contributed by atoms with Crippen LogP contribution >= 0.6 is 0 Å². The van der Waals surface area contributed by atoms with Gasteiger partial charge in [-0.3, -0.25) is 4.79 Å². The molecule has 0 fully saturated rings. The molecule has 0 bridgehead atoms. The topological polar surface area (TPSA) is 71.4 Å². The predicted molar refractivity (Wildman–Crippen MR) is 50.6 cm³/mol. The minimum Gasteiger partial charge on any atom is -0.480 e. The average Bonchev–Trinajstić information content (AvgIpc) is 2.20. The Labute approximate surface area is 90.4 Å². The molecule has 0 amide bonds. The molecule has 0 saturated carbocycles.